The highest BCUT2D eigenvalue weighted by atomic mass is 32.1. The number of thiophene rings is 1. The Hall–Kier alpha value is -2.73. The van der Waals surface area contributed by atoms with Crippen molar-refractivity contribution >= 4 is 23.1 Å². The van der Waals surface area contributed by atoms with E-state index in [2.05, 4.69) is 19.2 Å². The zero-order chi connectivity index (χ0) is 20.5. The molecule has 1 unspecified atom stereocenters. The maximum Gasteiger partial charge on any atom is 0.322 e. The molecule has 3 aromatic rings. The first-order chi connectivity index (χ1) is 14.0. The van der Waals surface area contributed by atoms with Gasteiger partial charge in [0.05, 0.1) is 11.7 Å². The van der Waals surface area contributed by atoms with Crippen LogP contribution in [-0.4, -0.2) is 17.5 Å². The number of nitrogens with one attached hydrogen (secondary N) is 1. The maximum atomic E-state index is 14.1. The fraction of sp³-hybridized carbons (Fsp3) is 0.261. The Kier molecular flexibility index (Phi) is 5.37. The van der Waals surface area contributed by atoms with Crippen LogP contribution in [0.1, 0.15) is 39.4 Å². The minimum absolute atomic E-state index is 0.149. The number of nitrogens with zero attached hydrogens (tertiary/aromatic N) is 1. The number of rotatable bonds is 3. The molecule has 6 heteroatoms. The van der Waals surface area contributed by atoms with Crippen LogP contribution in [0.5, 0.6) is 0 Å². The van der Waals surface area contributed by atoms with E-state index in [0.717, 1.165) is 41.5 Å². The molecule has 1 atom stereocenters. The molecule has 1 aromatic heterocycles. The summed E-state index contributed by atoms with van der Waals surface area (Å²) in [5.41, 5.74) is 3.54. The summed E-state index contributed by atoms with van der Waals surface area (Å²) >= 11 is 1.72. The number of aryl methyl sites for hydroxylation is 1. The summed E-state index contributed by atoms with van der Waals surface area (Å²) in [7, 11) is 0. The standard InChI is InChI=1S/C23H22F2N2OS/c1-3-17-14(2)29-22-18(17)11-12-27(21(22)15-7-5-4-6-8-15)23(28)26-20-13-16(24)9-10-19(20)25/h4-10,13,21H,3,11-12H2,1-2H3,(H,26,28). The van der Waals surface area contributed by atoms with Gasteiger partial charge in [-0.1, -0.05) is 37.3 Å². The molecular formula is C23H22F2N2OS. The average molecular weight is 413 g/mol. The van der Waals surface area contributed by atoms with Crippen molar-refractivity contribution in [1.29, 1.82) is 0 Å². The Balaban J connectivity index is 1.73. The third-order valence-corrected chi connectivity index (χ3v) is 6.65. The second-order valence-electron chi connectivity index (χ2n) is 7.14. The number of halogens is 2. The fourth-order valence-electron chi connectivity index (χ4n) is 4.08. The molecule has 3 nitrogen and oxygen atoms in total. The molecule has 0 saturated carbocycles. The van der Waals surface area contributed by atoms with Gasteiger partial charge in [-0.15, -0.1) is 11.3 Å². The molecule has 2 amide bonds. The van der Waals surface area contributed by atoms with Crippen molar-refractivity contribution < 1.29 is 13.6 Å². The van der Waals surface area contributed by atoms with Gasteiger partial charge in [0.15, 0.2) is 0 Å². The lowest BCUT2D eigenvalue weighted by atomic mass is 9.92. The first-order valence-corrected chi connectivity index (χ1v) is 10.5. The summed E-state index contributed by atoms with van der Waals surface area (Å²) in [5.74, 6) is -1.25. The number of amides is 2. The topological polar surface area (TPSA) is 32.3 Å². The molecule has 0 bridgehead atoms. The molecule has 4 rings (SSSR count). The van der Waals surface area contributed by atoms with Gasteiger partial charge in [0.2, 0.25) is 0 Å². The predicted molar refractivity (Wildman–Crippen MR) is 113 cm³/mol. The summed E-state index contributed by atoms with van der Waals surface area (Å²) in [6, 6.07) is 12.2. The molecule has 0 aliphatic carbocycles. The number of carbonyl (C=O) groups excluding carboxylic acids is 1. The Morgan fingerprint density at radius 3 is 2.69 bits per heavy atom. The van der Waals surface area contributed by atoms with Gasteiger partial charge in [0.1, 0.15) is 11.6 Å². The molecule has 0 fully saturated rings. The summed E-state index contributed by atoms with van der Waals surface area (Å²) in [4.78, 5) is 17.3. The van der Waals surface area contributed by atoms with Crippen LogP contribution in [0.3, 0.4) is 0 Å². The smallest absolute Gasteiger partial charge is 0.312 e. The van der Waals surface area contributed by atoms with Crippen molar-refractivity contribution in [3.63, 3.8) is 0 Å². The third-order valence-electron chi connectivity index (χ3n) is 5.41. The van der Waals surface area contributed by atoms with Crippen molar-refractivity contribution in [2.45, 2.75) is 32.7 Å². The van der Waals surface area contributed by atoms with Gasteiger partial charge >= 0.3 is 6.03 Å². The lowest BCUT2D eigenvalue weighted by Gasteiger charge is -2.36. The van der Waals surface area contributed by atoms with E-state index in [0.29, 0.717) is 6.54 Å². The average Bonchev–Trinajstić information content (AvgIpc) is 3.05. The number of urea groups is 1. The Labute approximate surface area is 173 Å². The van der Waals surface area contributed by atoms with Crippen LogP contribution in [0.2, 0.25) is 0 Å². The van der Waals surface area contributed by atoms with Gasteiger partial charge in [0.25, 0.3) is 0 Å². The first-order valence-electron chi connectivity index (χ1n) is 9.68. The van der Waals surface area contributed by atoms with Crippen LogP contribution in [-0.2, 0) is 12.8 Å². The largest absolute Gasteiger partial charge is 0.322 e. The van der Waals surface area contributed by atoms with Gasteiger partial charge in [0, 0.05) is 22.4 Å². The molecule has 0 saturated heterocycles. The van der Waals surface area contributed by atoms with Crippen LogP contribution in [0, 0.1) is 18.6 Å². The van der Waals surface area contributed by atoms with E-state index in [-0.39, 0.29) is 11.7 Å². The third kappa shape index (κ3) is 3.65. The number of carbonyl (C=O) groups is 1. The molecular weight excluding hydrogens is 390 g/mol. The molecule has 0 radical (unpaired) electrons. The van der Waals surface area contributed by atoms with Crippen LogP contribution in [0.4, 0.5) is 19.3 Å². The van der Waals surface area contributed by atoms with Crippen LogP contribution < -0.4 is 5.32 Å². The Morgan fingerprint density at radius 2 is 1.97 bits per heavy atom. The van der Waals surface area contributed by atoms with Crippen molar-refractivity contribution in [2.24, 2.45) is 0 Å². The molecule has 29 heavy (non-hydrogen) atoms. The lowest BCUT2D eigenvalue weighted by Crippen LogP contribution is -2.42. The van der Waals surface area contributed by atoms with Gasteiger partial charge in [-0.3, -0.25) is 0 Å². The highest BCUT2D eigenvalue weighted by Crippen LogP contribution is 2.43. The Morgan fingerprint density at radius 1 is 1.21 bits per heavy atom. The van der Waals surface area contributed by atoms with Crippen molar-refractivity contribution in [3.05, 3.63) is 86.6 Å². The highest BCUT2D eigenvalue weighted by Gasteiger charge is 2.35. The second-order valence-corrected chi connectivity index (χ2v) is 8.40. The second kappa shape index (κ2) is 7.95. The summed E-state index contributed by atoms with van der Waals surface area (Å²) < 4.78 is 27.6. The SMILES string of the molecule is CCc1c(C)sc2c1CCN(C(=O)Nc1cc(F)ccc1F)C2c1ccccc1. The lowest BCUT2D eigenvalue weighted by molar-refractivity contribution is 0.195. The van der Waals surface area contributed by atoms with Gasteiger partial charge in [-0.25, -0.2) is 13.6 Å². The van der Waals surface area contributed by atoms with E-state index < -0.39 is 17.7 Å². The molecule has 1 aliphatic rings. The molecule has 1 aliphatic heterocycles. The fourth-order valence-corrected chi connectivity index (χ4v) is 5.52. The molecule has 0 spiro atoms. The zero-order valence-electron chi connectivity index (χ0n) is 16.3. The van der Waals surface area contributed by atoms with E-state index in [4.69, 9.17) is 0 Å². The van der Waals surface area contributed by atoms with E-state index in [9.17, 15) is 13.6 Å². The summed E-state index contributed by atoms with van der Waals surface area (Å²) in [6.45, 7) is 4.79. The number of anilines is 1. The van der Waals surface area contributed by atoms with E-state index in [1.807, 2.05) is 30.3 Å². The summed E-state index contributed by atoms with van der Waals surface area (Å²) in [6.07, 6.45) is 1.71. The van der Waals surface area contributed by atoms with E-state index in [1.165, 1.54) is 16.0 Å². The van der Waals surface area contributed by atoms with Crippen LogP contribution in [0.15, 0.2) is 48.5 Å². The minimum Gasteiger partial charge on any atom is -0.312 e. The van der Waals surface area contributed by atoms with Gasteiger partial charge in [-0.05, 0) is 48.6 Å². The quantitative estimate of drug-likeness (QED) is 0.556. The number of benzene rings is 2. The number of hydrogen-bond donors (Lipinski definition) is 1. The number of fused-ring (bicyclic) bond motifs is 1. The molecule has 2 aromatic carbocycles. The first kappa shape index (κ1) is 19.6. The minimum atomic E-state index is -0.658. The van der Waals surface area contributed by atoms with Crippen molar-refractivity contribution in [1.82, 2.24) is 4.90 Å². The van der Waals surface area contributed by atoms with Gasteiger partial charge < -0.3 is 10.2 Å². The molecule has 1 N–H and O–H groups in total. The number of hydrogen-bond acceptors (Lipinski definition) is 2. The van der Waals surface area contributed by atoms with Crippen molar-refractivity contribution in [3.8, 4) is 0 Å². The molecule has 2 heterocycles. The van der Waals surface area contributed by atoms with Gasteiger partial charge in [-0.2, -0.15) is 0 Å². The maximum absolute atomic E-state index is 14.1. The van der Waals surface area contributed by atoms with Crippen molar-refractivity contribution in [2.75, 3.05) is 11.9 Å². The predicted octanol–water partition coefficient (Wildman–Crippen LogP) is 6.08. The van der Waals surface area contributed by atoms with E-state index in [1.54, 1.807) is 16.2 Å². The normalized spacial score (nSPS) is 15.9. The van der Waals surface area contributed by atoms with Crippen LogP contribution in [0.25, 0.3) is 0 Å². The Bertz CT molecular complexity index is 1050. The van der Waals surface area contributed by atoms with Crippen LogP contribution >= 0.6 is 11.3 Å². The zero-order valence-corrected chi connectivity index (χ0v) is 17.2. The van der Waals surface area contributed by atoms with E-state index >= 15 is 0 Å². The molecule has 150 valence electrons. The highest BCUT2D eigenvalue weighted by molar-refractivity contribution is 7.12. The monoisotopic (exact) mass is 412 g/mol. The summed E-state index contributed by atoms with van der Waals surface area (Å²) in [5, 5.41) is 2.56.